The second-order valence-corrected chi connectivity index (χ2v) is 7.36. The van der Waals surface area contributed by atoms with Crippen molar-refractivity contribution in [2.45, 2.75) is 17.9 Å². The predicted molar refractivity (Wildman–Crippen MR) is 96.9 cm³/mol. The van der Waals surface area contributed by atoms with E-state index in [1.807, 2.05) is 10.8 Å². The number of halogens is 1. The van der Waals surface area contributed by atoms with Crippen molar-refractivity contribution in [1.82, 2.24) is 4.72 Å². The van der Waals surface area contributed by atoms with Gasteiger partial charge in [-0.1, -0.05) is 0 Å². The number of hydrogen-bond donors (Lipinski definition) is 2. The predicted octanol–water partition coefficient (Wildman–Crippen LogP) is 1.55. The van der Waals surface area contributed by atoms with E-state index in [1.165, 1.54) is 31.2 Å². The third-order valence-corrected chi connectivity index (χ3v) is 4.91. The molecule has 2 rings (SSSR count). The lowest BCUT2D eigenvalue weighted by Gasteiger charge is -2.14. The number of carbonyl (C=O) groups is 2. The van der Waals surface area contributed by atoms with Crippen molar-refractivity contribution in [3.8, 4) is 6.07 Å². The molecule has 146 valence electrons. The molecule has 1 amide bonds. The van der Waals surface area contributed by atoms with Crippen LogP contribution in [0, 0.1) is 17.1 Å². The maximum absolute atomic E-state index is 12.9. The number of nitrogens with one attached hydrogen (secondary N) is 2. The van der Waals surface area contributed by atoms with Gasteiger partial charge in [-0.05, 0) is 55.5 Å². The van der Waals surface area contributed by atoms with Crippen LogP contribution in [0.5, 0.6) is 0 Å². The minimum Gasteiger partial charge on any atom is -0.452 e. The summed E-state index contributed by atoms with van der Waals surface area (Å²) in [6.07, 6.45) is -1.18. The van der Waals surface area contributed by atoms with Crippen LogP contribution in [-0.2, 0) is 24.3 Å². The van der Waals surface area contributed by atoms with Crippen molar-refractivity contribution in [1.29, 1.82) is 5.26 Å². The highest BCUT2D eigenvalue weighted by molar-refractivity contribution is 7.89. The number of rotatable bonds is 7. The second-order valence-electron chi connectivity index (χ2n) is 5.59. The van der Waals surface area contributed by atoms with E-state index in [0.29, 0.717) is 11.3 Å². The summed E-state index contributed by atoms with van der Waals surface area (Å²) in [5.41, 5.74) is 0.829. The Kier molecular flexibility index (Phi) is 6.81. The molecule has 8 nitrogen and oxygen atoms in total. The molecule has 0 bridgehead atoms. The van der Waals surface area contributed by atoms with Gasteiger partial charge >= 0.3 is 5.97 Å². The maximum atomic E-state index is 12.9. The maximum Gasteiger partial charge on any atom is 0.321 e. The summed E-state index contributed by atoms with van der Waals surface area (Å²) >= 11 is 0. The molecule has 0 aromatic heterocycles. The van der Waals surface area contributed by atoms with Gasteiger partial charge in [-0.25, -0.2) is 12.8 Å². The summed E-state index contributed by atoms with van der Waals surface area (Å²) in [7, 11) is -4.03. The molecule has 2 N–H and O–H groups in total. The number of carbonyl (C=O) groups excluding carboxylic acids is 2. The lowest BCUT2D eigenvalue weighted by atomic mass is 10.2. The van der Waals surface area contributed by atoms with Gasteiger partial charge in [0.05, 0.1) is 16.5 Å². The third-order valence-electron chi connectivity index (χ3n) is 3.49. The van der Waals surface area contributed by atoms with Crippen LogP contribution in [0.4, 0.5) is 10.1 Å². The number of esters is 1. The Balaban J connectivity index is 1.86. The zero-order valence-corrected chi connectivity index (χ0v) is 15.5. The molecule has 2 aromatic rings. The largest absolute Gasteiger partial charge is 0.452 e. The lowest BCUT2D eigenvalue weighted by molar-refractivity contribution is -0.151. The molecule has 0 heterocycles. The Morgan fingerprint density at radius 3 is 2.32 bits per heavy atom. The van der Waals surface area contributed by atoms with Crippen molar-refractivity contribution in [2.75, 3.05) is 11.9 Å². The highest BCUT2D eigenvalue weighted by Gasteiger charge is 2.20. The minimum absolute atomic E-state index is 0.215. The average Bonchev–Trinajstić information content (AvgIpc) is 2.67. The summed E-state index contributed by atoms with van der Waals surface area (Å²) < 4.78 is 43.8. The topological polar surface area (TPSA) is 125 Å². The molecule has 0 radical (unpaired) electrons. The molecule has 0 aliphatic carbocycles. The molecule has 10 heteroatoms. The van der Waals surface area contributed by atoms with Crippen LogP contribution in [0.15, 0.2) is 53.4 Å². The van der Waals surface area contributed by atoms with Crippen LogP contribution in [-0.4, -0.2) is 32.9 Å². The molecular formula is C18H16FN3O5S. The number of sulfonamides is 1. The number of nitriles is 1. The van der Waals surface area contributed by atoms with E-state index < -0.39 is 40.4 Å². The summed E-state index contributed by atoms with van der Waals surface area (Å²) in [5, 5.41) is 11.2. The number of anilines is 1. The van der Waals surface area contributed by atoms with Crippen molar-refractivity contribution in [3.63, 3.8) is 0 Å². The number of benzene rings is 2. The van der Waals surface area contributed by atoms with Gasteiger partial charge in [-0.15, -0.1) is 0 Å². The van der Waals surface area contributed by atoms with E-state index in [9.17, 15) is 22.4 Å². The van der Waals surface area contributed by atoms with Crippen LogP contribution in [0.25, 0.3) is 0 Å². The Morgan fingerprint density at radius 1 is 1.14 bits per heavy atom. The lowest BCUT2D eigenvalue weighted by Crippen LogP contribution is -2.35. The van der Waals surface area contributed by atoms with Crippen LogP contribution in [0.2, 0.25) is 0 Å². The number of hydrogen-bond acceptors (Lipinski definition) is 6. The summed E-state index contributed by atoms with van der Waals surface area (Å²) in [6.45, 7) is 0.625. The molecule has 2 aromatic carbocycles. The SMILES string of the molecule is CC(OC(=O)CNS(=O)(=O)c1ccc(F)cc1)C(=O)Nc1ccc(C#N)cc1. The van der Waals surface area contributed by atoms with Crippen molar-refractivity contribution in [2.24, 2.45) is 0 Å². The average molecular weight is 405 g/mol. The smallest absolute Gasteiger partial charge is 0.321 e. The van der Waals surface area contributed by atoms with Gasteiger partial charge in [0.2, 0.25) is 10.0 Å². The molecule has 1 atom stereocenters. The fourth-order valence-electron chi connectivity index (χ4n) is 2.02. The van der Waals surface area contributed by atoms with E-state index in [0.717, 1.165) is 24.3 Å². The van der Waals surface area contributed by atoms with Gasteiger partial charge < -0.3 is 10.1 Å². The molecule has 28 heavy (non-hydrogen) atoms. The van der Waals surface area contributed by atoms with Gasteiger partial charge in [0.15, 0.2) is 6.10 Å². The number of ether oxygens (including phenoxy) is 1. The van der Waals surface area contributed by atoms with Gasteiger partial charge in [0, 0.05) is 5.69 Å². The first-order chi connectivity index (χ1) is 13.2. The van der Waals surface area contributed by atoms with Crippen molar-refractivity contribution in [3.05, 3.63) is 59.9 Å². The standard InChI is InChI=1S/C18H16FN3O5S/c1-12(18(24)22-15-6-2-13(10-20)3-7-15)27-17(23)11-21-28(25,26)16-8-4-14(19)5-9-16/h2-9,12,21H,11H2,1H3,(H,22,24). The quantitative estimate of drug-likeness (QED) is 0.673. The van der Waals surface area contributed by atoms with Gasteiger partial charge in [-0.3, -0.25) is 9.59 Å². The Bertz CT molecular complexity index is 999. The Hall–Kier alpha value is -3.29. The molecule has 0 aliphatic rings. The second kappa shape index (κ2) is 9.07. The summed E-state index contributed by atoms with van der Waals surface area (Å²) in [6, 6.07) is 12.0. The number of amides is 1. The van der Waals surface area contributed by atoms with Gasteiger partial charge in [0.1, 0.15) is 12.4 Å². The summed E-state index contributed by atoms with van der Waals surface area (Å²) in [5.74, 6) is -2.19. The fourth-order valence-corrected chi connectivity index (χ4v) is 2.98. The van der Waals surface area contributed by atoms with E-state index in [-0.39, 0.29) is 4.90 Å². The first-order valence-electron chi connectivity index (χ1n) is 7.97. The monoisotopic (exact) mass is 405 g/mol. The fraction of sp³-hybridized carbons (Fsp3) is 0.167. The van der Waals surface area contributed by atoms with Crippen molar-refractivity contribution >= 4 is 27.6 Å². The zero-order chi connectivity index (χ0) is 20.7. The molecule has 0 fully saturated rings. The minimum atomic E-state index is -4.03. The van der Waals surface area contributed by atoms with Gasteiger partial charge in [-0.2, -0.15) is 9.98 Å². The highest BCUT2D eigenvalue weighted by atomic mass is 32.2. The third kappa shape index (κ3) is 5.87. The van der Waals surface area contributed by atoms with Crippen LogP contribution in [0.3, 0.4) is 0 Å². The van der Waals surface area contributed by atoms with E-state index in [2.05, 4.69) is 5.32 Å². The van der Waals surface area contributed by atoms with Crippen LogP contribution >= 0.6 is 0 Å². The van der Waals surface area contributed by atoms with Gasteiger partial charge in [0.25, 0.3) is 5.91 Å². The van der Waals surface area contributed by atoms with E-state index in [4.69, 9.17) is 10.00 Å². The molecule has 0 spiro atoms. The first kappa shape index (κ1) is 21.0. The van der Waals surface area contributed by atoms with E-state index in [1.54, 1.807) is 0 Å². The molecule has 1 unspecified atom stereocenters. The van der Waals surface area contributed by atoms with Crippen LogP contribution < -0.4 is 10.0 Å². The number of nitrogens with zero attached hydrogens (tertiary/aromatic N) is 1. The zero-order valence-electron chi connectivity index (χ0n) is 14.7. The highest BCUT2D eigenvalue weighted by Crippen LogP contribution is 2.11. The van der Waals surface area contributed by atoms with E-state index >= 15 is 0 Å². The Morgan fingerprint density at radius 2 is 1.75 bits per heavy atom. The molecule has 0 saturated carbocycles. The normalized spacial score (nSPS) is 11.9. The van der Waals surface area contributed by atoms with Crippen LogP contribution in [0.1, 0.15) is 12.5 Å². The molecule has 0 aliphatic heterocycles. The molecule has 0 saturated heterocycles. The van der Waals surface area contributed by atoms with Crippen molar-refractivity contribution < 1.29 is 27.1 Å². The molecular weight excluding hydrogens is 389 g/mol. The first-order valence-corrected chi connectivity index (χ1v) is 9.45. The Labute approximate surface area is 161 Å². The summed E-state index contributed by atoms with van der Waals surface area (Å²) in [4.78, 5) is 23.6.